The van der Waals surface area contributed by atoms with Crippen molar-refractivity contribution in [2.75, 3.05) is 17.7 Å². The number of hydrogen-bond donors (Lipinski definition) is 2. The fraction of sp³-hybridized carbons (Fsp3) is 0.105. The van der Waals surface area contributed by atoms with Crippen LogP contribution in [-0.4, -0.2) is 23.0 Å². The summed E-state index contributed by atoms with van der Waals surface area (Å²) in [5, 5.41) is 5.11. The molecular weight excluding hydrogens is 373 g/mol. The molecule has 0 radical (unpaired) electrons. The van der Waals surface area contributed by atoms with Crippen molar-refractivity contribution in [3.63, 3.8) is 0 Å². The van der Waals surface area contributed by atoms with Gasteiger partial charge in [-0.25, -0.2) is 23.1 Å². The standard InChI is InChI=1S/C19H15F3N4O2/c1-10-8-15(18(27)24-11-4-3-5-12(9-11)28-2)26-19(23-10)25-14-7-6-13(20)16(21)17(14)22/h3-9H,1-2H3,(H,24,27)(H,23,25,26). The van der Waals surface area contributed by atoms with E-state index in [0.29, 0.717) is 17.1 Å². The molecule has 144 valence electrons. The summed E-state index contributed by atoms with van der Waals surface area (Å²) in [6.07, 6.45) is 0. The highest BCUT2D eigenvalue weighted by Gasteiger charge is 2.16. The second-order valence-corrected chi connectivity index (χ2v) is 5.75. The smallest absolute Gasteiger partial charge is 0.274 e. The maximum atomic E-state index is 13.8. The van der Waals surface area contributed by atoms with Crippen molar-refractivity contribution in [2.45, 2.75) is 6.92 Å². The van der Waals surface area contributed by atoms with Crippen molar-refractivity contribution >= 4 is 23.2 Å². The fourth-order valence-electron chi connectivity index (χ4n) is 2.38. The first kappa shape index (κ1) is 19.2. The van der Waals surface area contributed by atoms with E-state index < -0.39 is 23.4 Å². The maximum absolute atomic E-state index is 13.8. The highest BCUT2D eigenvalue weighted by atomic mass is 19.2. The minimum Gasteiger partial charge on any atom is -0.497 e. The van der Waals surface area contributed by atoms with Gasteiger partial charge in [0.05, 0.1) is 12.8 Å². The molecule has 2 N–H and O–H groups in total. The van der Waals surface area contributed by atoms with E-state index >= 15 is 0 Å². The summed E-state index contributed by atoms with van der Waals surface area (Å²) < 4.78 is 45.4. The Kier molecular flexibility index (Phi) is 5.44. The molecule has 0 unspecified atom stereocenters. The molecule has 1 aromatic heterocycles. The minimum atomic E-state index is -1.62. The summed E-state index contributed by atoms with van der Waals surface area (Å²) in [5.41, 5.74) is 0.544. The summed E-state index contributed by atoms with van der Waals surface area (Å²) >= 11 is 0. The molecule has 0 atom stereocenters. The van der Waals surface area contributed by atoms with Crippen LogP contribution in [0, 0.1) is 24.4 Å². The van der Waals surface area contributed by atoms with Crippen LogP contribution in [0.5, 0.6) is 5.75 Å². The van der Waals surface area contributed by atoms with Crippen molar-refractivity contribution in [3.8, 4) is 5.75 Å². The Bertz CT molecular complexity index is 1040. The van der Waals surface area contributed by atoms with Gasteiger partial charge in [-0.3, -0.25) is 4.79 Å². The Hall–Kier alpha value is -3.62. The molecule has 28 heavy (non-hydrogen) atoms. The number of benzene rings is 2. The normalized spacial score (nSPS) is 10.5. The molecule has 0 spiro atoms. The third-order valence-electron chi connectivity index (χ3n) is 3.70. The van der Waals surface area contributed by atoms with Crippen LogP contribution in [0.25, 0.3) is 0 Å². The number of carbonyl (C=O) groups is 1. The summed E-state index contributed by atoms with van der Waals surface area (Å²) in [5.74, 6) is -4.45. The van der Waals surface area contributed by atoms with E-state index in [1.165, 1.54) is 13.2 Å². The van der Waals surface area contributed by atoms with Gasteiger partial charge >= 0.3 is 0 Å². The molecule has 0 saturated carbocycles. The molecule has 1 amide bonds. The first-order valence-electron chi connectivity index (χ1n) is 8.09. The van der Waals surface area contributed by atoms with Gasteiger partial charge in [-0.1, -0.05) is 6.07 Å². The third kappa shape index (κ3) is 4.20. The van der Waals surface area contributed by atoms with E-state index in [2.05, 4.69) is 20.6 Å². The second-order valence-electron chi connectivity index (χ2n) is 5.75. The molecule has 0 aliphatic rings. The lowest BCUT2D eigenvalue weighted by molar-refractivity contribution is 0.102. The van der Waals surface area contributed by atoms with Crippen LogP contribution in [0.1, 0.15) is 16.2 Å². The topological polar surface area (TPSA) is 76.1 Å². The molecule has 6 nitrogen and oxygen atoms in total. The summed E-state index contributed by atoms with van der Waals surface area (Å²) in [7, 11) is 1.50. The lowest BCUT2D eigenvalue weighted by atomic mass is 10.2. The van der Waals surface area contributed by atoms with Crippen molar-refractivity contribution in [3.05, 3.63) is 71.3 Å². The number of nitrogens with zero attached hydrogens (tertiary/aromatic N) is 2. The number of halogens is 3. The fourth-order valence-corrected chi connectivity index (χ4v) is 2.38. The zero-order chi connectivity index (χ0) is 20.3. The first-order chi connectivity index (χ1) is 13.4. The van der Waals surface area contributed by atoms with Crippen LogP contribution in [-0.2, 0) is 0 Å². The van der Waals surface area contributed by atoms with Gasteiger partial charge in [0.15, 0.2) is 17.5 Å². The van der Waals surface area contributed by atoms with Gasteiger partial charge < -0.3 is 15.4 Å². The van der Waals surface area contributed by atoms with E-state index in [1.807, 2.05) is 0 Å². The Morgan fingerprint density at radius 1 is 1.04 bits per heavy atom. The largest absolute Gasteiger partial charge is 0.497 e. The number of anilines is 3. The maximum Gasteiger partial charge on any atom is 0.274 e. The molecule has 1 heterocycles. The Morgan fingerprint density at radius 3 is 2.57 bits per heavy atom. The molecule has 0 fully saturated rings. The predicted octanol–water partition coefficient (Wildman–Crippen LogP) is 4.21. The van der Waals surface area contributed by atoms with Crippen LogP contribution in [0.15, 0.2) is 42.5 Å². The van der Waals surface area contributed by atoms with Gasteiger partial charge in [0.25, 0.3) is 5.91 Å². The Balaban J connectivity index is 1.85. The van der Waals surface area contributed by atoms with Crippen molar-refractivity contribution in [1.82, 2.24) is 9.97 Å². The SMILES string of the molecule is COc1cccc(NC(=O)c2cc(C)nc(Nc3ccc(F)c(F)c3F)n2)c1. The van der Waals surface area contributed by atoms with Crippen LogP contribution in [0.4, 0.5) is 30.5 Å². The number of aryl methyl sites for hydroxylation is 1. The van der Waals surface area contributed by atoms with Gasteiger partial charge in [0.2, 0.25) is 5.95 Å². The Labute approximate surface area is 158 Å². The van der Waals surface area contributed by atoms with E-state index in [4.69, 9.17) is 4.74 Å². The van der Waals surface area contributed by atoms with Crippen LogP contribution >= 0.6 is 0 Å². The molecular formula is C19H15F3N4O2. The Morgan fingerprint density at radius 2 is 1.82 bits per heavy atom. The molecule has 3 aromatic rings. The molecule has 0 bridgehead atoms. The van der Waals surface area contributed by atoms with Crippen molar-refractivity contribution < 1.29 is 22.7 Å². The zero-order valence-electron chi connectivity index (χ0n) is 14.9. The number of nitrogens with one attached hydrogen (secondary N) is 2. The van der Waals surface area contributed by atoms with Gasteiger partial charge in [0.1, 0.15) is 11.4 Å². The van der Waals surface area contributed by atoms with E-state index in [0.717, 1.165) is 12.1 Å². The monoisotopic (exact) mass is 388 g/mol. The van der Waals surface area contributed by atoms with Crippen molar-refractivity contribution in [2.24, 2.45) is 0 Å². The highest BCUT2D eigenvalue weighted by molar-refractivity contribution is 6.03. The highest BCUT2D eigenvalue weighted by Crippen LogP contribution is 2.23. The summed E-state index contributed by atoms with van der Waals surface area (Å²) in [6.45, 7) is 1.61. The number of amides is 1. The van der Waals surface area contributed by atoms with E-state index in [9.17, 15) is 18.0 Å². The zero-order valence-corrected chi connectivity index (χ0v) is 14.9. The van der Waals surface area contributed by atoms with Crippen LogP contribution < -0.4 is 15.4 Å². The second kappa shape index (κ2) is 7.95. The van der Waals surface area contributed by atoms with Gasteiger partial charge in [0, 0.05) is 17.4 Å². The first-order valence-corrected chi connectivity index (χ1v) is 8.09. The van der Waals surface area contributed by atoms with Gasteiger partial charge in [-0.2, -0.15) is 0 Å². The number of rotatable bonds is 5. The minimum absolute atomic E-state index is 0.000752. The van der Waals surface area contributed by atoms with Crippen LogP contribution in [0.2, 0.25) is 0 Å². The van der Waals surface area contributed by atoms with Crippen molar-refractivity contribution in [1.29, 1.82) is 0 Å². The number of methoxy groups -OCH3 is 1. The molecule has 2 aromatic carbocycles. The third-order valence-corrected chi connectivity index (χ3v) is 3.70. The quantitative estimate of drug-likeness (QED) is 0.641. The molecule has 0 saturated heterocycles. The molecule has 9 heteroatoms. The number of carbonyl (C=O) groups excluding carboxylic acids is 1. The predicted molar refractivity (Wildman–Crippen MR) is 97.3 cm³/mol. The van der Waals surface area contributed by atoms with Gasteiger partial charge in [-0.15, -0.1) is 0 Å². The summed E-state index contributed by atoms with van der Waals surface area (Å²) in [6, 6.07) is 9.94. The summed E-state index contributed by atoms with van der Waals surface area (Å²) in [4.78, 5) is 20.5. The number of ether oxygens (including phenoxy) is 1. The van der Waals surface area contributed by atoms with E-state index in [1.54, 1.807) is 31.2 Å². The molecule has 0 aliphatic carbocycles. The lowest BCUT2D eigenvalue weighted by Crippen LogP contribution is -2.15. The molecule has 3 rings (SSSR count). The number of aromatic nitrogens is 2. The van der Waals surface area contributed by atoms with E-state index in [-0.39, 0.29) is 17.3 Å². The average Bonchev–Trinajstić information content (AvgIpc) is 2.68. The number of hydrogen-bond acceptors (Lipinski definition) is 5. The lowest BCUT2D eigenvalue weighted by Gasteiger charge is -2.10. The van der Waals surface area contributed by atoms with Gasteiger partial charge in [-0.05, 0) is 37.3 Å². The average molecular weight is 388 g/mol. The molecule has 0 aliphatic heterocycles. The van der Waals surface area contributed by atoms with Crippen LogP contribution in [0.3, 0.4) is 0 Å².